The fraction of sp³-hybridized carbons (Fsp3) is 0.385. The Morgan fingerprint density at radius 1 is 1.29 bits per heavy atom. The lowest BCUT2D eigenvalue weighted by Gasteiger charge is -2.14. The minimum atomic E-state index is -4.68. The normalized spacial score (nSPS) is 18.5. The molecule has 0 aromatic heterocycles. The van der Waals surface area contributed by atoms with Crippen molar-refractivity contribution in [2.45, 2.75) is 25.1 Å². The van der Waals surface area contributed by atoms with Gasteiger partial charge in [0.05, 0.1) is 17.2 Å². The number of amides is 1. The molecule has 0 spiro atoms. The molecule has 0 saturated carbocycles. The highest BCUT2D eigenvalue weighted by Gasteiger charge is 2.32. The van der Waals surface area contributed by atoms with E-state index in [-0.39, 0.29) is 5.69 Å². The van der Waals surface area contributed by atoms with Crippen LogP contribution in [-0.2, 0) is 11.0 Å². The van der Waals surface area contributed by atoms with Crippen LogP contribution in [0, 0.1) is 0 Å². The van der Waals surface area contributed by atoms with Crippen molar-refractivity contribution < 1.29 is 27.9 Å². The zero-order valence-corrected chi connectivity index (χ0v) is 10.8. The van der Waals surface area contributed by atoms with Crippen LogP contribution in [-0.4, -0.2) is 29.6 Å². The molecule has 3 N–H and O–H groups in total. The average molecular weight is 302 g/mol. The van der Waals surface area contributed by atoms with Crippen molar-refractivity contribution in [3.05, 3.63) is 29.3 Å². The van der Waals surface area contributed by atoms with Crippen molar-refractivity contribution >= 4 is 17.6 Å². The number of rotatable bonds is 3. The second-order valence-corrected chi connectivity index (χ2v) is 4.74. The number of benzene rings is 1. The maximum absolute atomic E-state index is 12.7. The van der Waals surface area contributed by atoms with E-state index in [1.54, 1.807) is 0 Å². The molecule has 1 aromatic rings. The Bertz CT molecular complexity index is 566. The molecule has 0 radical (unpaired) electrons. The average Bonchev–Trinajstić information content (AvgIpc) is 2.91. The molecule has 1 saturated heterocycles. The fourth-order valence-corrected chi connectivity index (χ4v) is 2.12. The van der Waals surface area contributed by atoms with Crippen LogP contribution in [0.3, 0.4) is 0 Å². The van der Waals surface area contributed by atoms with E-state index in [1.165, 1.54) is 0 Å². The first-order valence-corrected chi connectivity index (χ1v) is 6.27. The third kappa shape index (κ3) is 3.72. The number of aromatic carboxylic acids is 1. The van der Waals surface area contributed by atoms with Crippen molar-refractivity contribution in [3.63, 3.8) is 0 Å². The lowest BCUT2D eigenvalue weighted by atomic mass is 10.1. The zero-order chi connectivity index (χ0) is 15.6. The Kier molecular flexibility index (Phi) is 4.17. The summed E-state index contributed by atoms with van der Waals surface area (Å²) in [6.07, 6.45) is -3.28. The lowest BCUT2D eigenvalue weighted by molar-refractivity contribution is -0.137. The molecule has 8 heteroatoms. The van der Waals surface area contributed by atoms with Crippen molar-refractivity contribution in [2.24, 2.45) is 0 Å². The van der Waals surface area contributed by atoms with Gasteiger partial charge in [-0.1, -0.05) is 0 Å². The highest BCUT2D eigenvalue weighted by atomic mass is 19.4. The molecule has 2 rings (SSSR count). The number of carboxylic acid groups (broad SMARTS) is 1. The Hall–Kier alpha value is -2.09. The number of hydrogen-bond donors (Lipinski definition) is 3. The minimum absolute atomic E-state index is 0.180. The summed E-state index contributed by atoms with van der Waals surface area (Å²) in [5, 5.41) is 14.1. The van der Waals surface area contributed by atoms with Gasteiger partial charge in [0.2, 0.25) is 5.91 Å². The maximum atomic E-state index is 12.7. The van der Waals surface area contributed by atoms with Gasteiger partial charge in [-0.3, -0.25) is 4.79 Å². The second-order valence-electron chi connectivity index (χ2n) is 4.74. The number of carbonyl (C=O) groups excluding carboxylic acids is 1. The molecule has 1 unspecified atom stereocenters. The van der Waals surface area contributed by atoms with E-state index in [4.69, 9.17) is 5.11 Å². The molecule has 1 atom stereocenters. The number of carboxylic acids is 1. The first kappa shape index (κ1) is 15.3. The molecule has 1 aliphatic heterocycles. The first-order valence-electron chi connectivity index (χ1n) is 6.27. The predicted octanol–water partition coefficient (Wildman–Crippen LogP) is 2.09. The third-order valence-electron chi connectivity index (χ3n) is 3.15. The summed E-state index contributed by atoms with van der Waals surface area (Å²) < 4.78 is 38.2. The van der Waals surface area contributed by atoms with Crippen LogP contribution in [0.15, 0.2) is 18.2 Å². The summed E-state index contributed by atoms with van der Waals surface area (Å²) in [4.78, 5) is 22.7. The summed E-state index contributed by atoms with van der Waals surface area (Å²) in [5.41, 5.74) is -1.82. The highest BCUT2D eigenvalue weighted by Crippen LogP contribution is 2.32. The van der Waals surface area contributed by atoms with E-state index in [9.17, 15) is 22.8 Å². The topological polar surface area (TPSA) is 78.4 Å². The van der Waals surface area contributed by atoms with Crippen molar-refractivity contribution in [3.8, 4) is 0 Å². The molecule has 1 heterocycles. The summed E-state index contributed by atoms with van der Waals surface area (Å²) in [5.74, 6) is -1.96. The Balaban J connectivity index is 2.27. The highest BCUT2D eigenvalue weighted by molar-refractivity contribution is 5.97. The SMILES string of the molecule is O=C(O)c1cc(NC(=O)C2CCCN2)cc(C(F)(F)F)c1. The molecule has 0 bridgehead atoms. The van der Waals surface area contributed by atoms with Crippen LogP contribution in [0.4, 0.5) is 18.9 Å². The summed E-state index contributed by atoms with van der Waals surface area (Å²) in [6, 6.07) is 1.79. The Morgan fingerprint density at radius 3 is 2.52 bits per heavy atom. The van der Waals surface area contributed by atoms with Crippen LogP contribution in [0.5, 0.6) is 0 Å². The molecular formula is C13H13F3N2O3. The van der Waals surface area contributed by atoms with Crippen molar-refractivity contribution in [1.29, 1.82) is 0 Å². The number of hydrogen-bond acceptors (Lipinski definition) is 3. The van der Waals surface area contributed by atoms with Gasteiger partial charge in [0, 0.05) is 5.69 Å². The van der Waals surface area contributed by atoms with E-state index < -0.39 is 35.2 Å². The summed E-state index contributed by atoms with van der Waals surface area (Å²) >= 11 is 0. The predicted molar refractivity (Wildman–Crippen MR) is 68.1 cm³/mol. The van der Waals surface area contributed by atoms with Gasteiger partial charge in [-0.25, -0.2) is 4.79 Å². The van der Waals surface area contributed by atoms with Crippen molar-refractivity contribution in [2.75, 3.05) is 11.9 Å². The van der Waals surface area contributed by atoms with E-state index in [1.807, 2.05) is 0 Å². The van der Waals surface area contributed by atoms with E-state index in [2.05, 4.69) is 10.6 Å². The maximum Gasteiger partial charge on any atom is 0.416 e. The quantitative estimate of drug-likeness (QED) is 0.799. The van der Waals surface area contributed by atoms with Gasteiger partial charge in [0.25, 0.3) is 0 Å². The van der Waals surface area contributed by atoms with Crippen LogP contribution < -0.4 is 10.6 Å². The third-order valence-corrected chi connectivity index (χ3v) is 3.15. The van der Waals surface area contributed by atoms with Crippen molar-refractivity contribution in [1.82, 2.24) is 5.32 Å². The summed E-state index contributed by atoms with van der Waals surface area (Å²) in [7, 11) is 0. The van der Waals surface area contributed by atoms with Gasteiger partial charge in [-0.15, -0.1) is 0 Å². The molecule has 1 aromatic carbocycles. The lowest BCUT2D eigenvalue weighted by Crippen LogP contribution is -2.35. The van der Waals surface area contributed by atoms with Gasteiger partial charge >= 0.3 is 12.1 Å². The number of carbonyl (C=O) groups is 2. The number of anilines is 1. The monoisotopic (exact) mass is 302 g/mol. The van der Waals surface area contributed by atoms with Gasteiger partial charge in [-0.05, 0) is 37.6 Å². The largest absolute Gasteiger partial charge is 0.478 e. The van der Waals surface area contributed by atoms with Gasteiger partial charge < -0.3 is 15.7 Å². The molecule has 114 valence electrons. The van der Waals surface area contributed by atoms with Crippen LogP contribution >= 0.6 is 0 Å². The molecule has 0 aliphatic carbocycles. The Labute approximate surface area is 118 Å². The van der Waals surface area contributed by atoms with Gasteiger partial charge in [-0.2, -0.15) is 13.2 Å². The van der Waals surface area contributed by atoms with E-state index in [0.717, 1.165) is 18.6 Å². The zero-order valence-electron chi connectivity index (χ0n) is 10.8. The standard InChI is InChI=1S/C13H13F3N2O3/c14-13(15,16)8-4-7(12(20)21)5-9(6-8)18-11(19)10-2-1-3-17-10/h4-6,10,17H,1-3H2,(H,18,19)(H,20,21). The van der Waals surface area contributed by atoms with E-state index >= 15 is 0 Å². The molecule has 21 heavy (non-hydrogen) atoms. The second kappa shape index (κ2) is 5.72. The first-order chi connectivity index (χ1) is 9.77. The van der Waals surface area contributed by atoms with Crippen LogP contribution in [0.25, 0.3) is 0 Å². The molecule has 1 aliphatic rings. The Morgan fingerprint density at radius 2 is 2.00 bits per heavy atom. The number of nitrogens with one attached hydrogen (secondary N) is 2. The van der Waals surface area contributed by atoms with E-state index in [0.29, 0.717) is 19.0 Å². The molecule has 5 nitrogen and oxygen atoms in total. The molecular weight excluding hydrogens is 289 g/mol. The molecule has 1 amide bonds. The number of alkyl halides is 3. The smallest absolute Gasteiger partial charge is 0.416 e. The van der Waals surface area contributed by atoms with Crippen LogP contribution in [0.2, 0.25) is 0 Å². The number of halogens is 3. The minimum Gasteiger partial charge on any atom is -0.478 e. The molecule has 1 fully saturated rings. The van der Waals surface area contributed by atoms with Gasteiger partial charge in [0.15, 0.2) is 0 Å². The summed E-state index contributed by atoms with van der Waals surface area (Å²) in [6.45, 7) is 0.668. The fourth-order valence-electron chi connectivity index (χ4n) is 2.12. The van der Waals surface area contributed by atoms with Crippen LogP contribution in [0.1, 0.15) is 28.8 Å². The van der Waals surface area contributed by atoms with Gasteiger partial charge in [0.1, 0.15) is 0 Å².